The van der Waals surface area contributed by atoms with Crippen molar-refractivity contribution < 1.29 is 9.59 Å². The van der Waals surface area contributed by atoms with Crippen molar-refractivity contribution in [2.45, 2.75) is 32.2 Å². The van der Waals surface area contributed by atoms with E-state index in [9.17, 15) is 9.59 Å². The lowest BCUT2D eigenvalue weighted by molar-refractivity contribution is -0.139. The zero-order valence-electron chi connectivity index (χ0n) is 14.5. The first-order valence-corrected chi connectivity index (χ1v) is 9.12. The summed E-state index contributed by atoms with van der Waals surface area (Å²) < 4.78 is 0. The highest BCUT2D eigenvalue weighted by Gasteiger charge is 2.41. The van der Waals surface area contributed by atoms with Crippen molar-refractivity contribution >= 4 is 22.7 Å². The first-order chi connectivity index (χ1) is 12.2. The minimum absolute atomic E-state index is 0.0154. The molecule has 0 N–H and O–H groups in total. The van der Waals surface area contributed by atoms with Gasteiger partial charge in [-0.1, -0.05) is 25.1 Å². The van der Waals surface area contributed by atoms with Crippen molar-refractivity contribution in [2.24, 2.45) is 5.92 Å². The molecule has 2 amide bonds. The Hall–Kier alpha value is -2.43. The van der Waals surface area contributed by atoms with Crippen LogP contribution in [-0.4, -0.2) is 52.3 Å². The van der Waals surface area contributed by atoms with E-state index in [-0.39, 0.29) is 23.8 Å². The normalized spacial score (nSPS) is 23.2. The van der Waals surface area contributed by atoms with Crippen molar-refractivity contribution in [1.82, 2.24) is 14.8 Å². The number of aromatic nitrogens is 1. The van der Waals surface area contributed by atoms with Gasteiger partial charge < -0.3 is 9.80 Å². The number of carbonyl (C=O) groups is 2. The number of piperidine rings is 1. The highest BCUT2D eigenvalue weighted by Crippen LogP contribution is 2.30. The average Bonchev–Trinajstić information content (AvgIpc) is 2.93. The van der Waals surface area contributed by atoms with E-state index in [1.54, 1.807) is 12.3 Å². The van der Waals surface area contributed by atoms with Gasteiger partial charge in [0, 0.05) is 37.3 Å². The number of nitrogens with zero attached hydrogens (tertiary/aromatic N) is 3. The molecule has 3 aliphatic heterocycles. The van der Waals surface area contributed by atoms with E-state index in [1.165, 1.54) is 0 Å². The molecule has 25 heavy (non-hydrogen) atoms. The number of benzene rings is 1. The zero-order valence-corrected chi connectivity index (χ0v) is 14.5. The molecule has 4 heterocycles. The molecular formula is C20H23N3O2. The largest absolute Gasteiger partial charge is 0.338 e. The maximum absolute atomic E-state index is 13.2. The number of para-hydroxylation sites is 1. The maximum Gasteiger partial charge on any atom is 0.254 e. The first kappa shape index (κ1) is 16.1. The lowest BCUT2D eigenvalue weighted by atomic mass is 9.94. The number of hydrogen-bond donors (Lipinski definition) is 0. The summed E-state index contributed by atoms with van der Waals surface area (Å²) in [7, 11) is 0. The van der Waals surface area contributed by atoms with Gasteiger partial charge in [0.2, 0.25) is 5.91 Å². The van der Waals surface area contributed by atoms with Crippen LogP contribution in [0.2, 0.25) is 0 Å². The Morgan fingerprint density at radius 3 is 2.88 bits per heavy atom. The van der Waals surface area contributed by atoms with Crippen LogP contribution in [0.25, 0.3) is 10.9 Å². The molecule has 0 radical (unpaired) electrons. The summed E-state index contributed by atoms with van der Waals surface area (Å²) in [5, 5.41) is 0.878. The summed E-state index contributed by atoms with van der Waals surface area (Å²) in [6.07, 6.45) is 4.54. The molecule has 3 fully saturated rings. The van der Waals surface area contributed by atoms with E-state index in [0.717, 1.165) is 36.7 Å². The smallest absolute Gasteiger partial charge is 0.254 e. The van der Waals surface area contributed by atoms with Crippen LogP contribution in [0.4, 0.5) is 0 Å². The number of pyridine rings is 1. The predicted octanol–water partition coefficient (Wildman–Crippen LogP) is 2.71. The Bertz CT molecular complexity index is 814. The molecule has 1 aromatic heterocycles. The van der Waals surface area contributed by atoms with Crippen LogP contribution >= 0.6 is 0 Å². The van der Waals surface area contributed by atoms with E-state index >= 15 is 0 Å². The molecule has 5 rings (SSSR count). The van der Waals surface area contributed by atoms with E-state index < -0.39 is 0 Å². The van der Waals surface area contributed by atoms with Gasteiger partial charge in [-0.05, 0) is 31.4 Å². The van der Waals surface area contributed by atoms with Crippen LogP contribution in [0.15, 0.2) is 36.5 Å². The molecule has 3 aliphatic rings. The summed E-state index contributed by atoms with van der Waals surface area (Å²) in [5.41, 5.74) is 1.51. The van der Waals surface area contributed by atoms with Crippen molar-refractivity contribution in [3.63, 3.8) is 0 Å². The summed E-state index contributed by atoms with van der Waals surface area (Å²) in [6, 6.07) is 9.67. The molecule has 5 nitrogen and oxygen atoms in total. The number of amides is 2. The zero-order chi connectivity index (χ0) is 17.4. The molecule has 3 saturated heterocycles. The van der Waals surface area contributed by atoms with Gasteiger partial charge in [0.1, 0.15) is 0 Å². The highest BCUT2D eigenvalue weighted by molar-refractivity contribution is 6.06. The van der Waals surface area contributed by atoms with E-state index in [1.807, 2.05) is 34.1 Å². The van der Waals surface area contributed by atoms with E-state index in [4.69, 9.17) is 0 Å². The van der Waals surface area contributed by atoms with E-state index in [2.05, 4.69) is 11.9 Å². The molecule has 2 atom stereocenters. The molecular weight excluding hydrogens is 314 g/mol. The van der Waals surface area contributed by atoms with Gasteiger partial charge in [-0.15, -0.1) is 0 Å². The molecule has 2 bridgehead atoms. The summed E-state index contributed by atoms with van der Waals surface area (Å²) in [5.74, 6) is 0.192. The number of fused-ring (bicyclic) bond motifs is 5. The quantitative estimate of drug-likeness (QED) is 0.865. The monoisotopic (exact) mass is 337 g/mol. The molecule has 2 aromatic rings. The Labute approximate surface area is 147 Å². The predicted molar refractivity (Wildman–Crippen MR) is 96.2 cm³/mol. The van der Waals surface area contributed by atoms with Gasteiger partial charge in [0.05, 0.1) is 17.0 Å². The lowest BCUT2D eigenvalue weighted by Crippen LogP contribution is -2.48. The minimum atomic E-state index is -0.0534. The van der Waals surface area contributed by atoms with Gasteiger partial charge in [-0.2, -0.15) is 0 Å². The van der Waals surface area contributed by atoms with Crippen LogP contribution in [0.1, 0.15) is 36.5 Å². The third kappa shape index (κ3) is 2.77. The topological polar surface area (TPSA) is 53.5 Å². The van der Waals surface area contributed by atoms with Crippen LogP contribution in [-0.2, 0) is 4.79 Å². The standard InChI is InChI=1S/C20H23N3O2/c1-2-11-23-15-8-7-14(19(23)24)12-22(13-15)20(25)17-9-10-21-18-6-4-3-5-16(17)18/h3-6,9-10,14-15H,2,7-8,11-13H2,1H3/t14-,15+/m0/s1. The fraction of sp³-hybridized carbons (Fsp3) is 0.450. The minimum Gasteiger partial charge on any atom is -0.338 e. The second kappa shape index (κ2) is 6.47. The molecule has 0 spiro atoms. The fourth-order valence-electron chi connectivity index (χ4n) is 4.19. The fourth-order valence-corrected chi connectivity index (χ4v) is 4.19. The Morgan fingerprint density at radius 1 is 1.20 bits per heavy atom. The Kier molecular flexibility index (Phi) is 4.15. The molecule has 0 unspecified atom stereocenters. The maximum atomic E-state index is 13.2. The van der Waals surface area contributed by atoms with Gasteiger partial charge >= 0.3 is 0 Å². The third-order valence-electron chi connectivity index (χ3n) is 5.42. The molecule has 0 saturated carbocycles. The third-order valence-corrected chi connectivity index (χ3v) is 5.42. The molecule has 130 valence electrons. The van der Waals surface area contributed by atoms with Gasteiger partial charge in [-0.3, -0.25) is 14.6 Å². The Balaban J connectivity index is 1.66. The number of rotatable bonds is 3. The van der Waals surface area contributed by atoms with Crippen molar-refractivity contribution in [3.05, 3.63) is 42.1 Å². The van der Waals surface area contributed by atoms with E-state index in [0.29, 0.717) is 18.7 Å². The SMILES string of the molecule is CCCN1C(=O)[C@H]2CC[C@@H]1CN(C(=O)c1ccnc3ccccc13)C2. The van der Waals surface area contributed by atoms with Gasteiger partial charge in [0.15, 0.2) is 0 Å². The van der Waals surface area contributed by atoms with Crippen molar-refractivity contribution in [3.8, 4) is 0 Å². The second-order valence-corrected chi connectivity index (χ2v) is 7.05. The van der Waals surface area contributed by atoms with Crippen LogP contribution in [0.3, 0.4) is 0 Å². The number of hydrogen-bond acceptors (Lipinski definition) is 3. The summed E-state index contributed by atoms with van der Waals surface area (Å²) in [6.45, 7) is 4.06. The summed E-state index contributed by atoms with van der Waals surface area (Å²) >= 11 is 0. The van der Waals surface area contributed by atoms with Crippen LogP contribution < -0.4 is 0 Å². The molecule has 5 heteroatoms. The second-order valence-electron chi connectivity index (χ2n) is 7.05. The molecule has 1 aromatic carbocycles. The average molecular weight is 337 g/mol. The summed E-state index contributed by atoms with van der Waals surface area (Å²) in [4.78, 5) is 34.2. The lowest BCUT2D eigenvalue weighted by Gasteiger charge is -2.35. The van der Waals surface area contributed by atoms with Crippen molar-refractivity contribution in [2.75, 3.05) is 19.6 Å². The molecule has 0 aliphatic carbocycles. The highest BCUT2D eigenvalue weighted by atomic mass is 16.2. The Morgan fingerprint density at radius 2 is 2.04 bits per heavy atom. The van der Waals surface area contributed by atoms with Gasteiger partial charge in [-0.25, -0.2) is 0 Å². The van der Waals surface area contributed by atoms with Gasteiger partial charge in [0.25, 0.3) is 5.91 Å². The van der Waals surface area contributed by atoms with Crippen LogP contribution in [0, 0.1) is 5.92 Å². The van der Waals surface area contributed by atoms with Crippen LogP contribution in [0.5, 0.6) is 0 Å². The number of carbonyl (C=O) groups excluding carboxylic acids is 2. The first-order valence-electron chi connectivity index (χ1n) is 9.12. The van der Waals surface area contributed by atoms with Crippen molar-refractivity contribution in [1.29, 1.82) is 0 Å².